The minimum absolute atomic E-state index is 0.601. The second kappa shape index (κ2) is 4.94. The molecule has 0 radical (unpaired) electrons. The predicted octanol–water partition coefficient (Wildman–Crippen LogP) is 2.67. The minimum Gasteiger partial charge on any atom is -0.469 e. The maximum Gasteiger partial charge on any atom is 0.240 e. The molecule has 0 aliphatic heterocycles. The highest BCUT2D eigenvalue weighted by Crippen LogP contribution is 2.21. The summed E-state index contributed by atoms with van der Waals surface area (Å²) < 4.78 is 10.5. The summed E-state index contributed by atoms with van der Waals surface area (Å²) in [5, 5.41) is 7.43. The second-order valence-electron chi connectivity index (χ2n) is 4.76. The molecule has 1 saturated carbocycles. The van der Waals surface area contributed by atoms with Crippen LogP contribution in [0.3, 0.4) is 0 Å². The first-order valence-corrected chi connectivity index (χ1v) is 6.43. The average Bonchev–Trinajstić information content (AvgIpc) is 3.07. The SMILES string of the molecule is Cc1occc1-c1noc(CNC2CCCC2)n1. The monoisotopic (exact) mass is 247 g/mol. The lowest BCUT2D eigenvalue weighted by molar-refractivity contribution is 0.357. The van der Waals surface area contributed by atoms with Crippen LogP contribution in [0.4, 0.5) is 0 Å². The summed E-state index contributed by atoms with van der Waals surface area (Å²) >= 11 is 0. The van der Waals surface area contributed by atoms with Crippen molar-refractivity contribution in [2.75, 3.05) is 0 Å². The molecular formula is C13H17N3O2. The van der Waals surface area contributed by atoms with Crippen molar-refractivity contribution >= 4 is 0 Å². The highest BCUT2D eigenvalue weighted by Gasteiger charge is 2.16. The van der Waals surface area contributed by atoms with E-state index in [-0.39, 0.29) is 0 Å². The molecule has 1 fully saturated rings. The quantitative estimate of drug-likeness (QED) is 0.899. The highest BCUT2D eigenvalue weighted by atomic mass is 16.5. The van der Waals surface area contributed by atoms with Gasteiger partial charge in [-0.05, 0) is 25.8 Å². The molecule has 2 heterocycles. The Morgan fingerprint density at radius 1 is 1.39 bits per heavy atom. The van der Waals surface area contributed by atoms with Gasteiger partial charge in [0.15, 0.2) is 0 Å². The van der Waals surface area contributed by atoms with Crippen molar-refractivity contribution in [3.63, 3.8) is 0 Å². The summed E-state index contributed by atoms with van der Waals surface area (Å²) in [6.07, 6.45) is 6.78. The van der Waals surface area contributed by atoms with Gasteiger partial charge in [-0.15, -0.1) is 0 Å². The number of hydrogen-bond acceptors (Lipinski definition) is 5. The fourth-order valence-electron chi connectivity index (χ4n) is 2.41. The Bertz CT molecular complexity index is 512. The summed E-state index contributed by atoms with van der Waals surface area (Å²) in [4.78, 5) is 4.37. The van der Waals surface area contributed by atoms with Gasteiger partial charge in [-0.3, -0.25) is 0 Å². The van der Waals surface area contributed by atoms with E-state index in [9.17, 15) is 0 Å². The molecule has 0 atom stereocenters. The standard InChI is InChI=1S/C13H17N3O2/c1-9-11(6-7-17-9)13-15-12(18-16-13)8-14-10-4-2-3-5-10/h6-7,10,14H,2-5,8H2,1H3. The van der Waals surface area contributed by atoms with Crippen LogP contribution < -0.4 is 5.32 Å². The van der Waals surface area contributed by atoms with E-state index in [2.05, 4.69) is 15.5 Å². The van der Waals surface area contributed by atoms with Gasteiger partial charge >= 0.3 is 0 Å². The first-order valence-electron chi connectivity index (χ1n) is 6.43. The molecule has 96 valence electrons. The normalized spacial score (nSPS) is 16.5. The van der Waals surface area contributed by atoms with E-state index >= 15 is 0 Å². The van der Waals surface area contributed by atoms with E-state index in [1.54, 1.807) is 6.26 Å². The molecule has 1 N–H and O–H groups in total. The lowest BCUT2D eigenvalue weighted by Crippen LogP contribution is -2.25. The number of furan rings is 1. The van der Waals surface area contributed by atoms with E-state index in [1.165, 1.54) is 25.7 Å². The summed E-state index contributed by atoms with van der Waals surface area (Å²) in [6, 6.07) is 2.46. The summed E-state index contributed by atoms with van der Waals surface area (Å²) in [5.41, 5.74) is 0.894. The van der Waals surface area contributed by atoms with Crippen molar-refractivity contribution in [2.24, 2.45) is 0 Å². The number of rotatable bonds is 4. The highest BCUT2D eigenvalue weighted by molar-refractivity contribution is 5.55. The van der Waals surface area contributed by atoms with E-state index < -0.39 is 0 Å². The van der Waals surface area contributed by atoms with Gasteiger partial charge in [0.2, 0.25) is 11.7 Å². The molecule has 0 aromatic carbocycles. The van der Waals surface area contributed by atoms with Gasteiger partial charge in [-0.1, -0.05) is 18.0 Å². The zero-order valence-electron chi connectivity index (χ0n) is 10.5. The van der Waals surface area contributed by atoms with Gasteiger partial charge in [-0.25, -0.2) is 0 Å². The molecule has 1 aliphatic rings. The topological polar surface area (TPSA) is 64.1 Å². The fourth-order valence-corrected chi connectivity index (χ4v) is 2.41. The zero-order chi connectivity index (χ0) is 12.4. The molecule has 0 unspecified atom stereocenters. The maximum atomic E-state index is 5.24. The molecule has 0 saturated heterocycles. The lowest BCUT2D eigenvalue weighted by Gasteiger charge is -2.08. The number of nitrogens with zero attached hydrogens (tertiary/aromatic N) is 2. The molecular weight excluding hydrogens is 230 g/mol. The van der Waals surface area contributed by atoms with Crippen LogP contribution >= 0.6 is 0 Å². The minimum atomic E-state index is 0.601. The smallest absolute Gasteiger partial charge is 0.240 e. The molecule has 3 rings (SSSR count). The van der Waals surface area contributed by atoms with Crippen molar-refractivity contribution in [1.29, 1.82) is 0 Å². The Kier molecular flexibility index (Phi) is 3.15. The fraction of sp³-hybridized carbons (Fsp3) is 0.538. The van der Waals surface area contributed by atoms with Crippen molar-refractivity contribution in [2.45, 2.75) is 45.2 Å². The average molecular weight is 247 g/mol. The van der Waals surface area contributed by atoms with E-state index in [4.69, 9.17) is 8.94 Å². The van der Waals surface area contributed by atoms with Gasteiger partial charge in [0.1, 0.15) is 5.76 Å². The first kappa shape index (κ1) is 11.5. The molecule has 5 nitrogen and oxygen atoms in total. The Hall–Kier alpha value is -1.62. The Morgan fingerprint density at radius 3 is 2.94 bits per heavy atom. The number of hydrogen-bond donors (Lipinski definition) is 1. The van der Waals surface area contributed by atoms with Gasteiger partial charge in [0, 0.05) is 6.04 Å². The molecule has 18 heavy (non-hydrogen) atoms. The molecule has 0 spiro atoms. The third kappa shape index (κ3) is 2.31. The van der Waals surface area contributed by atoms with Gasteiger partial charge in [0.25, 0.3) is 0 Å². The largest absolute Gasteiger partial charge is 0.469 e. The van der Waals surface area contributed by atoms with E-state index in [1.807, 2.05) is 13.0 Å². The van der Waals surface area contributed by atoms with Crippen LogP contribution in [-0.2, 0) is 6.54 Å². The summed E-state index contributed by atoms with van der Waals surface area (Å²) in [5.74, 6) is 2.05. The molecule has 0 amide bonds. The molecule has 2 aromatic heterocycles. The van der Waals surface area contributed by atoms with Crippen molar-refractivity contribution < 1.29 is 8.94 Å². The first-order chi connectivity index (χ1) is 8.83. The van der Waals surface area contributed by atoms with Crippen LogP contribution in [0.25, 0.3) is 11.4 Å². The number of aromatic nitrogens is 2. The van der Waals surface area contributed by atoms with Crippen molar-refractivity contribution in [1.82, 2.24) is 15.5 Å². The predicted molar refractivity (Wildman–Crippen MR) is 65.8 cm³/mol. The lowest BCUT2D eigenvalue weighted by atomic mass is 10.2. The third-order valence-electron chi connectivity index (χ3n) is 3.46. The van der Waals surface area contributed by atoms with Gasteiger partial charge in [-0.2, -0.15) is 4.98 Å². The van der Waals surface area contributed by atoms with Crippen LogP contribution in [0.15, 0.2) is 21.3 Å². The second-order valence-corrected chi connectivity index (χ2v) is 4.76. The zero-order valence-corrected chi connectivity index (χ0v) is 10.5. The van der Waals surface area contributed by atoms with Gasteiger partial charge in [0.05, 0.1) is 18.4 Å². The van der Waals surface area contributed by atoms with Crippen LogP contribution in [0.5, 0.6) is 0 Å². The Balaban J connectivity index is 1.64. The summed E-state index contributed by atoms with van der Waals surface area (Å²) in [7, 11) is 0. The van der Waals surface area contributed by atoms with E-state index in [0.29, 0.717) is 24.3 Å². The number of nitrogens with one attached hydrogen (secondary N) is 1. The van der Waals surface area contributed by atoms with Crippen LogP contribution in [0, 0.1) is 6.92 Å². The van der Waals surface area contributed by atoms with Crippen LogP contribution in [0.1, 0.15) is 37.3 Å². The van der Waals surface area contributed by atoms with E-state index in [0.717, 1.165) is 11.3 Å². The molecule has 1 aliphatic carbocycles. The Labute approximate surface area is 106 Å². The summed E-state index contributed by atoms with van der Waals surface area (Å²) in [6.45, 7) is 2.54. The van der Waals surface area contributed by atoms with Crippen LogP contribution in [-0.4, -0.2) is 16.2 Å². The Morgan fingerprint density at radius 2 is 2.22 bits per heavy atom. The molecule has 0 bridgehead atoms. The van der Waals surface area contributed by atoms with Crippen molar-refractivity contribution in [3.8, 4) is 11.4 Å². The molecule has 5 heteroatoms. The number of aryl methyl sites for hydroxylation is 1. The van der Waals surface area contributed by atoms with Gasteiger partial charge < -0.3 is 14.3 Å². The maximum absolute atomic E-state index is 5.24. The molecule has 2 aromatic rings. The third-order valence-corrected chi connectivity index (χ3v) is 3.46. The van der Waals surface area contributed by atoms with Crippen molar-refractivity contribution in [3.05, 3.63) is 24.0 Å². The van der Waals surface area contributed by atoms with Crippen LogP contribution in [0.2, 0.25) is 0 Å².